The van der Waals surface area contributed by atoms with Gasteiger partial charge in [-0.25, -0.2) is 0 Å². The Morgan fingerprint density at radius 3 is 2.86 bits per heavy atom. The van der Waals surface area contributed by atoms with Crippen LogP contribution in [-0.2, 0) is 4.79 Å². The summed E-state index contributed by atoms with van der Waals surface area (Å²) >= 11 is 7.14. The number of carbonyl (C=O) groups is 1. The molecule has 0 fully saturated rings. The topological polar surface area (TPSA) is 56.0 Å². The van der Waals surface area contributed by atoms with Crippen molar-refractivity contribution in [2.45, 2.75) is 24.1 Å². The van der Waals surface area contributed by atoms with Crippen molar-refractivity contribution in [2.75, 3.05) is 5.32 Å². The molecule has 110 valence electrons. The molecule has 1 aromatic heterocycles. The fourth-order valence-corrected chi connectivity index (χ4v) is 2.72. The minimum atomic E-state index is -0.397. The Bertz CT molecular complexity index is 664. The normalized spacial score (nSPS) is 12.0. The van der Waals surface area contributed by atoms with E-state index in [0.29, 0.717) is 15.7 Å². The molecule has 0 spiro atoms. The predicted molar refractivity (Wildman–Crippen MR) is 85.5 cm³/mol. The number of thioether (sulfide) groups is 1. The number of halogens is 1. The summed E-state index contributed by atoms with van der Waals surface area (Å²) in [5.74, 6) is -0.172. The van der Waals surface area contributed by atoms with Gasteiger partial charge < -0.3 is 10.5 Å². The highest BCUT2D eigenvalue weighted by Crippen LogP contribution is 2.24. The van der Waals surface area contributed by atoms with E-state index in [0.717, 1.165) is 10.3 Å². The average molecular weight is 323 g/mol. The summed E-state index contributed by atoms with van der Waals surface area (Å²) in [6, 6.07) is 10.4. The number of hydrogen-bond acceptors (Lipinski definition) is 3. The van der Waals surface area contributed by atoms with Gasteiger partial charge in [-0.3, -0.25) is 4.79 Å². The van der Waals surface area contributed by atoms with Gasteiger partial charge in [0.2, 0.25) is 5.91 Å². The Balaban J connectivity index is 2.06. The standard InChI is InChI=1S/C15H15ClN2O2S/c1-10-6-7-12(16)9-13(10)17-15(19)11(2)21-14-5-3-4-8-18(14)20/h3-9,11H,1-2H3,(H,17,19)/t11-/m1/s1. The van der Waals surface area contributed by atoms with Crippen molar-refractivity contribution >= 4 is 35.0 Å². The first-order chi connectivity index (χ1) is 9.97. The van der Waals surface area contributed by atoms with Crippen molar-refractivity contribution in [3.63, 3.8) is 0 Å². The van der Waals surface area contributed by atoms with Crippen LogP contribution in [0.3, 0.4) is 0 Å². The summed E-state index contributed by atoms with van der Waals surface area (Å²) in [7, 11) is 0. The number of aromatic nitrogens is 1. The van der Waals surface area contributed by atoms with E-state index in [1.54, 1.807) is 37.3 Å². The fourth-order valence-electron chi connectivity index (χ4n) is 1.70. The molecule has 0 bridgehead atoms. The molecular formula is C15H15ClN2O2S. The number of pyridine rings is 1. The zero-order valence-electron chi connectivity index (χ0n) is 11.7. The first-order valence-electron chi connectivity index (χ1n) is 6.39. The van der Waals surface area contributed by atoms with E-state index in [-0.39, 0.29) is 5.91 Å². The van der Waals surface area contributed by atoms with E-state index in [1.165, 1.54) is 18.0 Å². The molecular weight excluding hydrogens is 308 g/mol. The summed E-state index contributed by atoms with van der Waals surface area (Å²) in [4.78, 5) is 12.2. The maximum absolute atomic E-state index is 12.2. The molecule has 6 heteroatoms. The Kier molecular flexibility index (Phi) is 5.09. The minimum Gasteiger partial charge on any atom is -0.618 e. The molecule has 0 aliphatic carbocycles. The van der Waals surface area contributed by atoms with Gasteiger partial charge in [0.1, 0.15) is 0 Å². The summed E-state index contributed by atoms with van der Waals surface area (Å²) in [6.07, 6.45) is 1.41. The summed E-state index contributed by atoms with van der Waals surface area (Å²) in [6.45, 7) is 3.65. The molecule has 0 radical (unpaired) electrons. The summed E-state index contributed by atoms with van der Waals surface area (Å²) in [5, 5.41) is 15.1. The first-order valence-corrected chi connectivity index (χ1v) is 7.65. The quantitative estimate of drug-likeness (QED) is 0.533. The first kappa shape index (κ1) is 15.7. The van der Waals surface area contributed by atoms with E-state index in [4.69, 9.17) is 11.6 Å². The Hall–Kier alpha value is -1.72. The van der Waals surface area contributed by atoms with E-state index in [9.17, 15) is 10.0 Å². The molecule has 2 rings (SSSR count). The monoisotopic (exact) mass is 322 g/mol. The highest BCUT2D eigenvalue weighted by atomic mass is 35.5. The molecule has 4 nitrogen and oxygen atoms in total. The zero-order chi connectivity index (χ0) is 15.4. The number of nitrogens with one attached hydrogen (secondary N) is 1. The molecule has 1 aromatic carbocycles. The molecule has 0 saturated carbocycles. The largest absolute Gasteiger partial charge is 0.618 e. The molecule has 1 atom stereocenters. The third kappa shape index (κ3) is 4.12. The number of amides is 1. The molecule has 0 aliphatic heterocycles. The minimum absolute atomic E-state index is 0.172. The Morgan fingerprint density at radius 1 is 1.38 bits per heavy atom. The van der Waals surface area contributed by atoms with Crippen molar-refractivity contribution in [1.82, 2.24) is 0 Å². The van der Waals surface area contributed by atoms with Gasteiger partial charge in [-0.1, -0.05) is 17.7 Å². The van der Waals surface area contributed by atoms with E-state index in [1.807, 2.05) is 13.0 Å². The lowest BCUT2D eigenvalue weighted by Crippen LogP contribution is -2.30. The maximum atomic E-state index is 12.2. The maximum Gasteiger partial charge on any atom is 0.252 e. The third-order valence-electron chi connectivity index (χ3n) is 2.91. The summed E-state index contributed by atoms with van der Waals surface area (Å²) in [5.41, 5.74) is 1.62. The lowest BCUT2D eigenvalue weighted by molar-refractivity contribution is -0.645. The SMILES string of the molecule is Cc1ccc(Cl)cc1NC(=O)[C@@H](C)Sc1cccc[n+]1[O-]. The second-order valence-corrected chi connectivity index (χ2v) is 6.37. The van der Waals surface area contributed by atoms with Crippen molar-refractivity contribution in [3.05, 3.63) is 58.4 Å². The molecule has 2 aromatic rings. The predicted octanol–water partition coefficient (Wildman–Crippen LogP) is 3.40. The highest BCUT2D eigenvalue weighted by Gasteiger charge is 2.19. The van der Waals surface area contributed by atoms with Crippen molar-refractivity contribution in [3.8, 4) is 0 Å². The average Bonchev–Trinajstić information content (AvgIpc) is 2.45. The fraction of sp³-hybridized carbons (Fsp3) is 0.200. The van der Waals surface area contributed by atoms with Crippen LogP contribution in [-0.4, -0.2) is 11.2 Å². The van der Waals surface area contributed by atoms with Crippen LogP contribution in [0.15, 0.2) is 47.6 Å². The Labute approximate surface area is 132 Å². The number of rotatable bonds is 4. The van der Waals surface area contributed by atoms with Crippen LogP contribution in [0.25, 0.3) is 0 Å². The van der Waals surface area contributed by atoms with Crippen LogP contribution < -0.4 is 10.0 Å². The van der Waals surface area contributed by atoms with Crippen LogP contribution in [0.4, 0.5) is 5.69 Å². The number of aryl methyl sites for hydroxylation is 1. The van der Waals surface area contributed by atoms with E-state index in [2.05, 4.69) is 5.32 Å². The van der Waals surface area contributed by atoms with Gasteiger partial charge in [-0.05, 0) is 49.4 Å². The summed E-state index contributed by atoms with van der Waals surface area (Å²) < 4.78 is 0.749. The van der Waals surface area contributed by atoms with E-state index >= 15 is 0 Å². The van der Waals surface area contributed by atoms with E-state index < -0.39 is 5.25 Å². The van der Waals surface area contributed by atoms with Crippen molar-refractivity contribution < 1.29 is 9.52 Å². The molecule has 1 amide bonds. The number of carbonyl (C=O) groups excluding carboxylic acids is 1. The molecule has 0 saturated heterocycles. The smallest absolute Gasteiger partial charge is 0.252 e. The van der Waals surface area contributed by atoms with Gasteiger partial charge >= 0.3 is 0 Å². The van der Waals surface area contributed by atoms with Crippen molar-refractivity contribution in [1.29, 1.82) is 0 Å². The third-order valence-corrected chi connectivity index (χ3v) is 4.27. The number of benzene rings is 1. The zero-order valence-corrected chi connectivity index (χ0v) is 13.2. The van der Waals surface area contributed by atoms with Crippen LogP contribution in [0, 0.1) is 12.1 Å². The second-order valence-electron chi connectivity index (χ2n) is 4.57. The molecule has 0 unspecified atom stereocenters. The van der Waals surface area contributed by atoms with Crippen LogP contribution in [0.5, 0.6) is 0 Å². The van der Waals surface area contributed by atoms with Crippen LogP contribution >= 0.6 is 23.4 Å². The van der Waals surface area contributed by atoms with Gasteiger partial charge in [0.15, 0.2) is 6.20 Å². The molecule has 1 heterocycles. The Morgan fingerprint density at radius 2 is 2.14 bits per heavy atom. The van der Waals surface area contributed by atoms with Gasteiger partial charge in [0, 0.05) is 22.8 Å². The van der Waals surface area contributed by atoms with Crippen LogP contribution in [0.1, 0.15) is 12.5 Å². The molecule has 1 N–H and O–H groups in total. The highest BCUT2D eigenvalue weighted by molar-refractivity contribution is 8.00. The van der Waals surface area contributed by atoms with Gasteiger partial charge in [0.25, 0.3) is 5.03 Å². The van der Waals surface area contributed by atoms with Crippen molar-refractivity contribution in [2.24, 2.45) is 0 Å². The number of nitrogens with zero attached hydrogens (tertiary/aromatic N) is 1. The van der Waals surface area contributed by atoms with Gasteiger partial charge in [0.05, 0.1) is 5.25 Å². The number of anilines is 1. The lowest BCUT2D eigenvalue weighted by Gasteiger charge is -2.13. The van der Waals surface area contributed by atoms with Crippen LogP contribution in [0.2, 0.25) is 5.02 Å². The molecule has 21 heavy (non-hydrogen) atoms. The molecule has 0 aliphatic rings. The second kappa shape index (κ2) is 6.83. The lowest BCUT2D eigenvalue weighted by atomic mass is 10.2. The number of hydrogen-bond donors (Lipinski definition) is 1. The van der Waals surface area contributed by atoms with Gasteiger partial charge in [-0.15, -0.1) is 0 Å². The van der Waals surface area contributed by atoms with Gasteiger partial charge in [-0.2, -0.15) is 4.73 Å².